The van der Waals surface area contributed by atoms with Crippen LogP contribution in [0.1, 0.15) is 18.9 Å². The second-order valence-corrected chi connectivity index (χ2v) is 5.67. The average molecular weight is 368 g/mol. The third kappa shape index (κ3) is 9.97. The van der Waals surface area contributed by atoms with Crippen molar-refractivity contribution < 1.29 is 29.3 Å². The van der Waals surface area contributed by atoms with Crippen molar-refractivity contribution in [1.82, 2.24) is 10.2 Å². The fourth-order valence-electron chi connectivity index (χ4n) is 2.36. The van der Waals surface area contributed by atoms with Crippen molar-refractivity contribution in [1.29, 1.82) is 0 Å². The summed E-state index contributed by atoms with van der Waals surface area (Å²) in [5, 5.41) is 18.3. The van der Waals surface area contributed by atoms with Gasteiger partial charge in [0.1, 0.15) is 5.75 Å². The highest BCUT2D eigenvalue weighted by molar-refractivity contribution is 6.27. The van der Waals surface area contributed by atoms with E-state index >= 15 is 0 Å². The second kappa shape index (κ2) is 13.1. The van der Waals surface area contributed by atoms with Gasteiger partial charge in [0, 0.05) is 19.6 Å². The van der Waals surface area contributed by atoms with Gasteiger partial charge in [0.15, 0.2) is 0 Å². The highest BCUT2D eigenvalue weighted by atomic mass is 16.5. The molecule has 0 atom stereocenters. The number of morpholine rings is 1. The van der Waals surface area contributed by atoms with Crippen LogP contribution in [0.25, 0.3) is 0 Å². The van der Waals surface area contributed by atoms with Gasteiger partial charge >= 0.3 is 11.9 Å². The van der Waals surface area contributed by atoms with E-state index < -0.39 is 11.9 Å². The molecule has 0 aliphatic carbocycles. The summed E-state index contributed by atoms with van der Waals surface area (Å²) in [4.78, 5) is 20.7. The van der Waals surface area contributed by atoms with E-state index in [4.69, 9.17) is 29.3 Å². The van der Waals surface area contributed by atoms with Crippen molar-refractivity contribution >= 4 is 11.9 Å². The van der Waals surface area contributed by atoms with Crippen LogP contribution in [0, 0.1) is 0 Å². The summed E-state index contributed by atoms with van der Waals surface area (Å²) in [6, 6.07) is 8.32. The van der Waals surface area contributed by atoms with Crippen LogP contribution in [0.5, 0.6) is 5.75 Å². The maximum absolute atomic E-state index is 9.10. The Kier molecular flexibility index (Phi) is 11.0. The van der Waals surface area contributed by atoms with E-state index in [0.29, 0.717) is 0 Å². The second-order valence-electron chi connectivity index (χ2n) is 5.67. The van der Waals surface area contributed by atoms with Crippen LogP contribution in [-0.4, -0.2) is 73.1 Å². The zero-order valence-electron chi connectivity index (χ0n) is 15.1. The number of aliphatic carboxylic acids is 2. The normalized spacial score (nSPS) is 14.2. The molecule has 1 fully saturated rings. The van der Waals surface area contributed by atoms with Crippen LogP contribution >= 0.6 is 0 Å². The molecule has 8 nitrogen and oxygen atoms in total. The minimum atomic E-state index is -1.82. The topological polar surface area (TPSA) is 108 Å². The highest BCUT2D eigenvalue weighted by Crippen LogP contribution is 2.11. The Morgan fingerprint density at radius 1 is 1.15 bits per heavy atom. The Morgan fingerprint density at radius 3 is 2.31 bits per heavy atom. The Bertz CT molecular complexity index is 517. The fourth-order valence-corrected chi connectivity index (χ4v) is 2.36. The number of nitrogens with zero attached hydrogens (tertiary/aromatic N) is 1. The van der Waals surface area contributed by atoms with E-state index in [9.17, 15) is 0 Å². The number of nitrogens with one attached hydrogen (secondary N) is 1. The first-order chi connectivity index (χ1) is 12.5. The van der Waals surface area contributed by atoms with Crippen LogP contribution in [0.2, 0.25) is 0 Å². The molecule has 1 aliphatic heterocycles. The molecule has 1 heterocycles. The van der Waals surface area contributed by atoms with E-state index in [2.05, 4.69) is 22.3 Å². The van der Waals surface area contributed by atoms with Crippen LogP contribution in [0.15, 0.2) is 24.3 Å². The van der Waals surface area contributed by atoms with Crippen LogP contribution < -0.4 is 10.1 Å². The molecule has 3 N–H and O–H groups in total. The lowest BCUT2D eigenvalue weighted by Crippen LogP contribution is -2.37. The number of benzene rings is 1. The van der Waals surface area contributed by atoms with E-state index in [1.807, 2.05) is 19.1 Å². The fraction of sp³-hybridized carbons (Fsp3) is 0.556. The maximum Gasteiger partial charge on any atom is 0.414 e. The number of carboxylic acids is 2. The molecule has 0 saturated carbocycles. The van der Waals surface area contributed by atoms with Crippen LogP contribution in [0.3, 0.4) is 0 Å². The first-order valence-electron chi connectivity index (χ1n) is 8.71. The number of ether oxygens (including phenoxy) is 2. The van der Waals surface area contributed by atoms with Crippen LogP contribution in [-0.2, 0) is 20.9 Å². The zero-order chi connectivity index (χ0) is 19.2. The molecule has 8 heteroatoms. The van der Waals surface area contributed by atoms with E-state index in [1.54, 1.807) is 0 Å². The van der Waals surface area contributed by atoms with Crippen molar-refractivity contribution in [2.45, 2.75) is 19.9 Å². The minimum Gasteiger partial charge on any atom is -0.494 e. The summed E-state index contributed by atoms with van der Waals surface area (Å²) in [5.74, 6) is -2.70. The standard InChI is InChI=1S/C16H26N2O2.C2H2O4/c1-2-20-16-6-4-15(5-7-16)14-17-8-3-9-18-10-12-19-13-11-18;3-1(4)2(5)6/h4-7,17H,2-3,8-14H2,1H3;(H,3,4)(H,5,6). The van der Waals surface area contributed by atoms with Gasteiger partial charge in [0.25, 0.3) is 0 Å². The molecular weight excluding hydrogens is 340 g/mol. The molecule has 1 aromatic rings. The van der Waals surface area contributed by atoms with Gasteiger partial charge in [-0.25, -0.2) is 9.59 Å². The van der Waals surface area contributed by atoms with Gasteiger partial charge < -0.3 is 25.0 Å². The van der Waals surface area contributed by atoms with E-state index in [1.165, 1.54) is 18.5 Å². The zero-order valence-corrected chi connectivity index (χ0v) is 15.1. The van der Waals surface area contributed by atoms with Crippen molar-refractivity contribution in [3.63, 3.8) is 0 Å². The molecule has 0 bridgehead atoms. The lowest BCUT2D eigenvalue weighted by molar-refractivity contribution is -0.159. The van der Waals surface area contributed by atoms with Crippen molar-refractivity contribution in [3.05, 3.63) is 29.8 Å². The van der Waals surface area contributed by atoms with Gasteiger partial charge in [-0.3, -0.25) is 4.90 Å². The number of carboxylic acid groups (broad SMARTS) is 2. The molecule has 1 aliphatic rings. The van der Waals surface area contributed by atoms with Crippen molar-refractivity contribution in [2.24, 2.45) is 0 Å². The average Bonchev–Trinajstić information content (AvgIpc) is 2.64. The largest absolute Gasteiger partial charge is 0.494 e. The summed E-state index contributed by atoms with van der Waals surface area (Å²) < 4.78 is 10.8. The van der Waals surface area contributed by atoms with Crippen molar-refractivity contribution in [2.75, 3.05) is 46.0 Å². The summed E-state index contributed by atoms with van der Waals surface area (Å²) in [6.45, 7) is 9.82. The Labute approximate surface area is 153 Å². The first-order valence-corrected chi connectivity index (χ1v) is 8.71. The number of hydrogen-bond donors (Lipinski definition) is 3. The summed E-state index contributed by atoms with van der Waals surface area (Å²) in [5.41, 5.74) is 1.31. The van der Waals surface area contributed by atoms with Gasteiger partial charge in [0.05, 0.1) is 19.8 Å². The predicted molar refractivity (Wildman–Crippen MR) is 96.5 cm³/mol. The van der Waals surface area contributed by atoms with E-state index in [-0.39, 0.29) is 0 Å². The SMILES string of the molecule is CCOc1ccc(CNCCCN2CCOCC2)cc1.O=C(O)C(=O)O. The number of hydrogen-bond acceptors (Lipinski definition) is 6. The predicted octanol–water partition coefficient (Wildman–Crippen LogP) is 1.05. The molecule has 1 saturated heterocycles. The molecular formula is C18H28N2O6. The Hall–Kier alpha value is -2.16. The lowest BCUT2D eigenvalue weighted by Gasteiger charge is -2.26. The Balaban J connectivity index is 0.000000487. The van der Waals surface area contributed by atoms with Gasteiger partial charge in [-0.2, -0.15) is 0 Å². The first kappa shape index (κ1) is 21.9. The summed E-state index contributed by atoms with van der Waals surface area (Å²) in [6.07, 6.45) is 1.19. The van der Waals surface area contributed by atoms with Crippen LogP contribution in [0.4, 0.5) is 0 Å². The molecule has 0 unspecified atom stereocenters. The molecule has 0 radical (unpaired) electrons. The van der Waals surface area contributed by atoms with Crippen molar-refractivity contribution in [3.8, 4) is 5.75 Å². The Morgan fingerprint density at radius 2 is 1.77 bits per heavy atom. The minimum absolute atomic E-state index is 0.721. The monoisotopic (exact) mass is 368 g/mol. The number of carbonyl (C=O) groups is 2. The molecule has 0 aromatic heterocycles. The van der Waals surface area contributed by atoms with E-state index in [0.717, 1.165) is 51.7 Å². The number of rotatable bonds is 8. The van der Waals surface area contributed by atoms with Gasteiger partial charge in [-0.15, -0.1) is 0 Å². The quantitative estimate of drug-likeness (QED) is 0.462. The third-order valence-electron chi connectivity index (χ3n) is 3.68. The molecule has 2 rings (SSSR count). The lowest BCUT2D eigenvalue weighted by atomic mass is 10.2. The molecule has 0 spiro atoms. The highest BCUT2D eigenvalue weighted by Gasteiger charge is 2.08. The summed E-state index contributed by atoms with van der Waals surface area (Å²) >= 11 is 0. The van der Waals surface area contributed by atoms with Gasteiger partial charge in [-0.05, 0) is 44.1 Å². The molecule has 0 amide bonds. The smallest absolute Gasteiger partial charge is 0.414 e. The molecule has 146 valence electrons. The maximum atomic E-state index is 9.10. The molecule has 26 heavy (non-hydrogen) atoms. The third-order valence-corrected chi connectivity index (χ3v) is 3.68. The van der Waals surface area contributed by atoms with Gasteiger partial charge in [-0.1, -0.05) is 12.1 Å². The van der Waals surface area contributed by atoms with Gasteiger partial charge in [0.2, 0.25) is 0 Å². The summed E-state index contributed by atoms with van der Waals surface area (Å²) in [7, 11) is 0. The molecule has 1 aromatic carbocycles.